The topological polar surface area (TPSA) is 94.8 Å². The van der Waals surface area contributed by atoms with Gasteiger partial charge in [-0.3, -0.25) is 14.7 Å². The summed E-state index contributed by atoms with van der Waals surface area (Å²) < 4.78 is 7.65. The Labute approximate surface area is 171 Å². The van der Waals surface area contributed by atoms with Crippen molar-refractivity contribution < 1.29 is 9.53 Å². The molecule has 0 aliphatic heterocycles. The van der Waals surface area contributed by atoms with E-state index < -0.39 is 0 Å². The van der Waals surface area contributed by atoms with Crippen molar-refractivity contribution in [2.45, 2.75) is 37.4 Å². The monoisotopic (exact) mass is 416 g/mol. The van der Waals surface area contributed by atoms with Crippen molar-refractivity contribution in [3.63, 3.8) is 0 Å². The van der Waals surface area contributed by atoms with Crippen LogP contribution in [-0.2, 0) is 17.9 Å². The summed E-state index contributed by atoms with van der Waals surface area (Å²) in [7, 11) is 0. The first-order valence-electron chi connectivity index (χ1n) is 8.55. The Hall–Kier alpha value is -2.72. The van der Waals surface area contributed by atoms with Crippen LogP contribution in [0.15, 0.2) is 48.1 Å². The SMILES string of the molecule is C=CCn1c(COc2ccccc2)nnc1S[C@@H](C)C(=O)Nc1nnc(C)s1. The molecule has 0 radical (unpaired) electrons. The molecule has 2 heterocycles. The van der Waals surface area contributed by atoms with Gasteiger partial charge in [0.05, 0.1) is 5.25 Å². The summed E-state index contributed by atoms with van der Waals surface area (Å²) in [5.41, 5.74) is 0. The molecule has 0 saturated heterocycles. The second-order valence-corrected chi connectivity index (χ2v) is 8.26. The van der Waals surface area contributed by atoms with Gasteiger partial charge in [0.1, 0.15) is 17.4 Å². The fourth-order valence-corrected chi connectivity index (χ4v) is 3.73. The zero-order valence-corrected chi connectivity index (χ0v) is 17.2. The van der Waals surface area contributed by atoms with Gasteiger partial charge in [-0.2, -0.15) is 0 Å². The molecule has 0 saturated carbocycles. The van der Waals surface area contributed by atoms with Crippen LogP contribution in [0.25, 0.3) is 0 Å². The van der Waals surface area contributed by atoms with E-state index in [2.05, 4.69) is 32.3 Å². The van der Waals surface area contributed by atoms with E-state index in [0.29, 0.717) is 22.7 Å². The predicted octanol–water partition coefficient (Wildman–Crippen LogP) is 3.32. The quantitative estimate of drug-likeness (QED) is 0.422. The zero-order chi connectivity index (χ0) is 19.9. The summed E-state index contributed by atoms with van der Waals surface area (Å²) in [6.07, 6.45) is 1.76. The minimum atomic E-state index is -0.389. The Balaban J connectivity index is 1.66. The number of nitrogens with one attached hydrogen (secondary N) is 1. The molecule has 0 aliphatic rings. The Bertz CT molecular complexity index is 941. The lowest BCUT2D eigenvalue weighted by atomic mass is 10.3. The number of amides is 1. The Morgan fingerprint density at radius 1 is 1.32 bits per heavy atom. The number of aryl methyl sites for hydroxylation is 1. The summed E-state index contributed by atoms with van der Waals surface area (Å²) >= 11 is 2.65. The number of anilines is 1. The molecule has 1 amide bonds. The number of thioether (sulfide) groups is 1. The number of para-hydroxylation sites is 1. The van der Waals surface area contributed by atoms with Gasteiger partial charge >= 0.3 is 0 Å². The number of allylic oxidation sites excluding steroid dienone is 1. The summed E-state index contributed by atoms with van der Waals surface area (Å²) in [5, 5.41) is 20.5. The van der Waals surface area contributed by atoms with Gasteiger partial charge in [-0.15, -0.1) is 27.0 Å². The third-order valence-corrected chi connectivity index (χ3v) is 5.46. The van der Waals surface area contributed by atoms with E-state index in [9.17, 15) is 4.79 Å². The van der Waals surface area contributed by atoms with Crippen molar-refractivity contribution in [1.29, 1.82) is 0 Å². The molecule has 146 valence electrons. The van der Waals surface area contributed by atoms with Gasteiger partial charge in [-0.05, 0) is 26.0 Å². The first kappa shape index (κ1) is 20.0. The Morgan fingerprint density at radius 2 is 2.11 bits per heavy atom. The van der Waals surface area contributed by atoms with Crippen LogP contribution < -0.4 is 10.1 Å². The van der Waals surface area contributed by atoms with Crippen molar-refractivity contribution in [3.05, 3.63) is 53.8 Å². The number of aromatic nitrogens is 5. The normalized spacial score (nSPS) is 11.8. The summed E-state index contributed by atoms with van der Waals surface area (Å²) in [6.45, 7) is 8.23. The highest BCUT2D eigenvalue weighted by atomic mass is 32.2. The highest BCUT2D eigenvalue weighted by Crippen LogP contribution is 2.25. The van der Waals surface area contributed by atoms with Gasteiger partial charge < -0.3 is 4.74 Å². The number of benzene rings is 1. The van der Waals surface area contributed by atoms with E-state index in [-0.39, 0.29) is 17.8 Å². The highest BCUT2D eigenvalue weighted by molar-refractivity contribution is 8.00. The number of carbonyl (C=O) groups excluding carboxylic acids is 1. The van der Waals surface area contributed by atoms with Crippen molar-refractivity contribution >= 4 is 34.1 Å². The number of rotatable bonds is 9. The molecular formula is C18H20N6O2S2. The smallest absolute Gasteiger partial charge is 0.239 e. The summed E-state index contributed by atoms with van der Waals surface area (Å²) in [6, 6.07) is 9.50. The summed E-state index contributed by atoms with van der Waals surface area (Å²) in [5.74, 6) is 1.25. The molecule has 3 rings (SSSR count). The highest BCUT2D eigenvalue weighted by Gasteiger charge is 2.21. The molecule has 10 heteroatoms. The lowest BCUT2D eigenvalue weighted by Gasteiger charge is -2.12. The lowest BCUT2D eigenvalue weighted by Crippen LogP contribution is -2.23. The molecule has 1 N–H and O–H groups in total. The van der Waals surface area contributed by atoms with E-state index in [1.807, 2.05) is 41.8 Å². The van der Waals surface area contributed by atoms with Crippen LogP contribution in [-0.4, -0.2) is 36.1 Å². The van der Waals surface area contributed by atoms with Gasteiger partial charge in [0.25, 0.3) is 0 Å². The molecule has 3 aromatic rings. The second-order valence-electron chi connectivity index (χ2n) is 5.78. The minimum Gasteiger partial charge on any atom is -0.486 e. The second kappa shape index (κ2) is 9.47. The minimum absolute atomic E-state index is 0.170. The van der Waals surface area contributed by atoms with Crippen LogP contribution in [0.3, 0.4) is 0 Å². The molecule has 0 aliphatic carbocycles. The first-order valence-corrected chi connectivity index (χ1v) is 10.2. The fourth-order valence-electron chi connectivity index (χ4n) is 2.26. The molecule has 1 atom stereocenters. The largest absolute Gasteiger partial charge is 0.486 e. The van der Waals surface area contributed by atoms with E-state index in [4.69, 9.17) is 4.74 Å². The average Bonchev–Trinajstić information content (AvgIpc) is 3.27. The van der Waals surface area contributed by atoms with Gasteiger partial charge in [0.15, 0.2) is 11.0 Å². The van der Waals surface area contributed by atoms with Gasteiger partial charge in [-0.1, -0.05) is 47.4 Å². The van der Waals surface area contributed by atoms with E-state index in [1.165, 1.54) is 23.1 Å². The van der Waals surface area contributed by atoms with Crippen LogP contribution in [0, 0.1) is 6.92 Å². The standard InChI is InChI=1S/C18H20N6O2S2/c1-4-10-24-15(11-26-14-8-6-5-7-9-14)21-23-18(24)27-12(2)16(25)19-17-22-20-13(3)28-17/h4-9,12H,1,10-11H2,2-3H3,(H,19,22,25)/t12-/m0/s1. The van der Waals surface area contributed by atoms with E-state index >= 15 is 0 Å². The van der Waals surface area contributed by atoms with Gasteiger partial charge in [-0.25, -0.2) is 0 Å². The Morgan fingerprint density at radius 3 is 2.79 bits per heavy atom. The maximum absolute atomic E-state index is 12.4. The predicted molar refractivity (Wildman–Crippen MR) is 110 cm³/mol. The van der Waals surface area contributed by atoms with Crippen molar-refractivity contribution in [2.24, 2.45) is 0 Å². The van der Waals surface area contributed by atoms with Gasteiger partial charge in [0.2, 0.25) is 11.0 Å². The molecular weight excluding hydrogens is 396 g/mol. The van der Waals surface area contributed by atoms with Crippen LogP contribution in [0.2, 0.25) is 0 Å². The molecule has 0 bridgehead atoms. The molecule has 2 aromatic heterocycles. The number of carbonyl (C=O) groups is 1. The third-order valence-electron chi connectivity index (χ3n) is 3.62. The molecule has 28 heavy (non-hydrogen) atoms. The van der Waals surface area contributed by atoms with Crippen LogP contribution in [0.1, 0.15) is 17.8 Å². The van der Waals surface area contributed by atoms with Crippen LogP contribution in [0.4, 0.5) is 5.13 Å². The lowest BCUT2D eigenvalue weighted by molar-refractivity contribution is -0.115. The maximum Gasteiger partial charge on any atom is 0.239 e. The molecule has 0 unspecified atom stereocenters. The van der Waals surface area contributed by atoms with Crippen LogP contribution >= 0.6 is 23.1 Å². The number of hydrogen-bond acceptors (Lipinski definition) is 8. The zero-order valence-electron chi connectivity index (χ0n) is 15.5. The number of ether oxygens (including phenoxy) is 1. The number of hydrogen-bond donors (Lipinski definition) is 1. The average molecular weight is 417 g/mol. The van der Waals surface area contributed by atoms with E-state index in [0.717, 1.165) is 10.8 Å². The Kier molecular flexibility index (Phi) is 6.77. The van der Waals surface area contributed by atoms with Crippen LogP contribution in [0.5, 0.6) is 5.75 Å². The van der Waals surface area contributed by atoms with Crippen molar-refractivity contribution in [1.82, 2.24) is 25.0 Å². The van der Waals surface area contributed by atoms with E-state index in [1.54, 1.807) is 13.0 Å². The maximum atomic E-state index is 12.4. The third kappa shape index (κ3) is 5.17. The molecule has 0 spiro atoms. The first-order chi connectivity index (χ1) is 13.6. The molecule has 0 fully saturated rings. The molecule has 8 nitrogen and oxygen atoms in total. The van der Waals surface area contributed by atoms with Crippen molar-refractivity contribution in [3.8, 4) is 5.75 Å². The summed E-state index contributed by atoms with van der Waals surface area (Å²) in [4.78, 5) is 12.4. The van der Waals surface area contributed by atoms with Crippen molar-refractivity contribution in [2.75, 3.05) is 5.32 Å². The fraction of sp³-hybridized carbons (Fsp3) is 0.278. The van der Waals surface area contributed by atoms with Gasteiger partial charge in [0, 0.05) is 6.54 Å². The number of nitrogens with zero attached hydrogens (tertiary/aromatic N) is 5. The molecule has 1 aromatic carbocycles.